The Kier molecular flexibility index (Phi) is 6.84. The number of nitriles is 1. The lowest BCUT2D eigenvalue weighted by Gasteiger charge is -2.10. The van der Waals surface area contributed by atoms with Gasteiger partial charge in [-0.2, -0.15) is 5.26 Å². The van der Waals surface area contributed by atoms with Crippen molar-refractivity contribution in [2.45, 2.75) is 40.7 Å². The van der Waals surface area contributed by atoms with Crippen LogP contribution >= 0.6 is 0 Å². The van der Waals surface area contributed by atoms with Gasteiger partial charge in [0.15, 0.2) is 11.5 Å². The molecule has 0 saturated heterocycles. The summed E-state index contributed by atoms with van der Waals surface area (Å²) in [6.45, 7) is 9.24. The molecular formula is C22H26N2O3. The van der Waals surface area contributed by atoms with Gasteiger partial charge in [-0.1, -0.05) is 13.0 Å². The number of aryl methyl sites for hydroxylation is 1. The summed E-state index contributed by atoms with van der Waals surface area (Å²) < 4.78 is 13.0. The van der Waals surface area contributed by atoms with Gasteiger partial charge in [0.25, 0.3) is 0 Å². The number of methoxy groups -OCH3 is 1. The van der Waals surface area contributed by atoms with E-state index in [-0.39, 0.29) is 11.4 Å². The molecule has 2 rings (SSSR count). The summed E-state index contributed by atoms with van der Waals surface area (Å²) in [6.07, 6.45) is 2.58. The predicted molar refractivity (Wildman–Crippen MR) is 106 cm³/mol. The van der Waals surface area contributed by atoms with E-state index in [0.29, 0.717) is 29.2 Å². The highest BCUT2D eigenvalue weighted by molar-refractivity contribution is 6.14. The number of carbonyl (C=O) groups is 1. The summed E-state index contributed by atoms with van der Waals surface area (Å²) in [4.78, 5) is 12.9. The zero-order chi connectivity index (χ0) is 20.0. The van der Waals surface area contributed by atoms with Crippen LogP contribution in [0.25, 0.3) is 6.08 Å². The quantitative estimate of drug-likeness (QED) is 0.385. The maximum absolute atomic E-state index is 12.9. The first-order chi connectivity index (χ1) is 13.0. The van der Waals surface area contributed by atoms with E-state index in [1.165, 1.54) is 0 Å². The average Bonchev–Trinajstić information content (AvgIpc) is 2.94. The first kappa shape index (κ1) is 20.3. The Hall–Kier alpha value is -3.00. The van der Waals surface area contributed by atoms with Gasteiger partial charge in [-0.25, -0.2) is 0 Å². The van der Waals surface area contributed by atoms with Crippen LogP contribution in [0, 0.1) is 25.2 Å². The Bertz CT molecular complexity index is 901. The van der Waals surface area contributed by atoms with Crippen LogP contribution in [0.3, 0.4) is 0 Å². The summed E-state index contributed by atoms with van der Waals surface area (Å²) >= 11 is 0. The fourth-order valence-electron chi connectivity index (χ4n) is 3.11. The van der Waals surface area contributed by atoms with Gasteiger partial charge in [0.2, 0.25) is 5.78 Å². The third kappa shape index (κ3) is 4.40. The SMILES string of the molecule is CCCn1c(C)cc(C(=O)/C(C#N)=C/c2ccc(OC)c(OCC)c2)c1C. The molecule has 1 aromatic heterocycles. The minimum absolute atomic E-state index is 0.0966. The Morgan fingerprint density at radius 1 is 1.22 bits per heavy atom. The number of allylic oxidation sites excluding steroid dienone is 1. The first-order valence-electron chi connectivity index (χ1n) is 9.10. The minimum Gasteiger partial charge on any atom is -0.493 e. The predicted octanol–water partition coefficient (Wildman–Crippen LogP) is 4.71. The molecule has 0 radical (unpaired) electrons. The van der Waals surface area contributed by atoms with Crippen LogP contribution in [0.2, 0.25) is 0 Å². The van der Waals surface area contributed by atoms with Crippen LogP contribution in [0.1, 0.15) is 47.6 Å². The average molecular weight is 366 g/mol. The number of hydrogen-bond acceptors (Lipinski definition) is 4. The van der Waals surface area contributed by atoms with E-state index in [4.69, 9.17) is 9.47 Å². The van der Waals surface area contributed by atoms with Crippen molar-refractivity contribution in [1.82, 2.24) is 4.57 Å². The van der Waals surface area contributed by atoms with Crippen LogP contribution in [0.4, 0.5) is 0 Å². The normalized spacial score (nSPS) is 11.2. The molecule has 27 heavy (non-hydrogen) atoms. The number of hydrogen-bond donors (Lipinski definition) is 0. The zero-order valence-corrected chi connectivity index (χ0v) is 16.6. The Morgan fingerprint density at radius 3 is 2.56 bits per heavy atom. The summed E-state index contributed by atoms with van der Waals surface area (Å²) in [5.74, 6) is 0.934. The third-order valence-electron chi connectivity index (χ3n) is 4.43. The number of ketones is 1. The van der Waals surface area contributed by atoms with E-state index >= 15 is 0 Å². The molecule has 0 spiro atoms. The topological polar surface area (TPSA) is 64.2 Å². The van der Waals surface area contributed by atoms with E-state index < -0.39 is 0 Å². The summed E-state index contributed by atoms with van der Waals surface area (Å²) in [5.41, 5.74) is 3.31. The van der Waals surface area contributed by atoms with Crippen LogP contribution in [-0.4, -0.2) is 24.1 Å². The number of benzene rings is 1. The van der Waals surface area contributed by atoms with Gasteiger partial charge in [-0.3, -0.25) is 4.79 Å². The van der Waals surface area contributed by atoms with Crippen LogP contribution in [0.15, 0.2) is 29.8 Å². The molecule has 0 aliphatic heterocycles. The van der Waals surface area contributed by atoms with Crippen LogP contribution in [0.5, 0.6) is 11.5 Å². The molecule has 1 heterocycles. The third-order valence-corrected chi connectivity index (χ3v) is 4.43. The van der Waals surface area contributed by atoms with Gasteiger partial charge in [0, 0.05) is 23.5 Å². The molecule has 0 N–H and O–H groups in total. The van der Waals surface area contributed by atoms with Crippen molar-refractivity contribution < 1.29 is 14.3 Å². The van der Waals surface area contributed by atoms with Gasteiger partial charge in [0.1, 0.15) is 11.6 Å². The lowest BCUT2D eigenvalue weighted by atomic mass is 10.0. The summed E-state index contributed by atoms with van der Waals surface area (Å²) in [6, 6.07) is 9.24. The van der Waals surface area contributed by atoms with Crippen LogP contribution < -0.4 is 9.47 Å². The molecular weight excluding hydrogens is 340 g/mol. The van der Waals surface area contributed by atoms with Gasteiger partial charge < -0.3 is 14.0 Å². The molecule has 5 nitrogen and oxygen atoms in total. The van der Waals surface area contributed by atoms with Gasteiger partial charge in [-0.05, 0) is 57.0 Å². The molecule has 0 saturated carbocycles. The van der Waals surface area contributed by atoms with Crippen molar-refractivity contribution in [2.24, 2.45) is 0 Å². The van der Waals surface area contributed by atoms with Crippen molar-refractivity contribution in [1.29, 1.82) is 5.26 Å². The lowest BCUT2D eigenvalue weighted by molar-refractivity contribution is 0.103. The van der Waals surface area contributed by atoms with Crippen molar-refractivity contribution in [3.63, 3.8) is 0 Å². The van der Waals surface area contributed by atoms with E-state index in [2.05, 4.69) is 11.5 Å². The van der Waals surface area contributed by atoms with Crippen molar-refractivity contribution in [2.75, 3.05) is 13.7 Å². The molecule has 0 atom stereocenters. The second-order valence-corrected chi connectivity index (χ2v) is 6.28. The summed E-state index contributed by atoms with van der Waals surface area (Å²) in [5, 5.41) is 9.56. The molecule has 0 fully saturated rings. The molecule has 0 bridgehead atoms. The van der Waals surface area contributed by atoms with Gasteiger partial charge in [-0.15, -0.1) is 0 Å². The van der Waals surface area contributed by atoms with E-state index in [1.54, 1.807) is 31.4 Å². The van der Waals surface area contributed by atoms with Crippen molar-refractivity contribution in [3.8, 4) is 17.6 Å². The maximum Gasteiger partial charge on any atom is 0.205 e. The zero-order valence-electron chi connectivity index (χ0n) is 16.6. The number of nitrogens with zero attached hydrogens (tertiary/aromatic N) is 2. The second kappa shape index (κ2) is 9.09. The number of rotatable bonds is 8. The molecule has 0 unspecified atom stereocenters. The highest BCUT2D eigenvalue weighted by Crippen LogP contribution is 2.29. The molecule has 5 heteroatoms. The highest BCUT2D eigenvalue weighted by Gasteiger charge is 2.19. The van der Waals surface area contributed by atoms with Gasteiger partial charge >= 0.3 is 0 Å². The smallest absolute Gasteiger partial charge is 0.205 e. The molecule has 2 aromatic rings. The largest absolute Gasteiger partial charge is 0.493 e. The van der Waals surface area contributed by atoms with E-state index in [1.807, 2.05) is 32.9 Å². The molecule has 142 valence electrons. The Labute approximate surface area is 160 Å². The fourth-order valence-corrected chi connectivity index (χ4v) is 3.11. The van der Waals surface area contributed by atoms with E-state index in [9.17, 15) is 10.1 Å². The standard InChI is InChI=1S/C22H26N2O3/c1-6-10-24-15(3)11-19(16(24)4)22(25)18(14-23)12-17-8-9-20(26-5)21(13-17)27-7-2/h8-9,11-13H,6-7,10H2,1-5H3/b18-12+. The first-order valence-corrected chi connectivity index (χ1v) is 9.10. The monoisotopic (exact) mass is 366 g/mol. The number of ether oxygens (including phenoxy) is 2. The number of aromatic nitrogens is 1. The van der Waals surface area contributed by atoms with Crippen molar-refractivity contribution in [3.05, 3.63) is 52.4 Å². The molecule has 0 amide bonds. The Balaban J connectivity index is 2.42. The van der Waals surface area contributed by atoms with Crippen molar-refractivity contribution >= 4 is 11.9 Å². The highest BCUT2D eigenvalue weighted by atomic mass is 16.5. The minimum atomic E-state index is -0.262. The maximum atomic E-state index is 12.9. The summed E-state index contributed by atoms with van der Waals surface area (Å²) in [7, 11) is 1.57. The molecule has 0 aliphatic rings. The fraction of sp³-hybridized carbons (Fsp3) is 0.364. The molecule has 1 aromatic carbocycles. The van der Waals surface area contributed by atoms with Gasteiger partial charge in [0.05, 0.1) is 13.7 Å². The lowest BCUT2D eigenvalue weighted by Crippen LogP contribution is -2.06. The Morgan fingerprint density at radius 2 is 1.96 bits per heavy atom. The second-order valence-electron chi connectivity index (χ2n) is 6.28. The molecule has 0 aliphatic carbocycles. The number of carbonyl (C=O) groups excluding carboxylic acids is 1. The number of Topliss-reactive ketones (excluding diaryl/α,β-unsaturated/α-hetero) is 1. The van der Waals surface area contributed by atoms with Crippen LogP contribution in [-0.2, 0) is 6.54 Å². The van der Waals surface area contributed by atoms with E-state index in [0.717, 1.165) is 24.4 Å².